The van der Waals surface area contributed by atoms with Gasteiger partial charge in [-0.05, 0) is 51.3 Å². The van der Waals surface area contributed by atoms with Gasteiger partial charge in [-0.1, -0.05) is 24.3 Å². The summed E-state index contributed by atoms with van der Waals surface area (Å²) in [7, 11) is 4.01. The van der Waals surface area contributed by atoms with Crippen LogP contribution in [0.3, 0.4) is 0 Å². The maximum atomic E-state index is 13.1. The summed E-state index contributed by atoms with van der Waals surface area (Å²) < 4.78 is 0. The summed E-state index contributed by atoms with van der Waals surface area (Å²) in [6, 6.07) is 14.4. The fourth-order valence-electron chi connectivity index (χ4n) is 2.89. The zero-order chi connectivity index (χ0) is 17.1. The lowest BCUT2D eigenvalue weighted by Gasteiger charge is -2.28. The molecule has 1 aliphatic heterocycles. The molecule has 2 amide bonds. The summed E-state index contributed by atoms with van der Waals surface area (Å²) in [5.41, 5.74) is 2.25. The van der Waals surface area contributed by atoms with Crippen molar-refractivity contribution in [2.24, 2.45) is 0 Å². The van der Waals surface area contributed by atoms with Gasteiger partial charge in [0, 0.05) is 6.54 Å². The summed E-state index contributed by atoms with van der Waals surface area (Å²) in [6.07, 6.45) is 0.830. The van der Waals surface area contributed by atoms with Gasteiger partial charge in [-0.15, -0.1) is 0 Å². The minimum absolute atomic E-state index is 0.0863. The third kappa shape index (κ3) is 3.16. The molecular weight excluding hydrogens is 302 g/mol. The first-order chi connectivity index (χ1) is 11.6. The number of benzene rings is 2. The van der Waals surface area contributed by atoms with Crippen molar-refractivity contribution in [3.63, 3.8) is 0 Å². The standard InChI is InChI=1S/C19H21N3O2/c1-21(2)12-7-13-22-17-11-6-4-9-15(17)18(23)20-16-10-5-3-8-14(16)19(22)24/h3-6,8-11H,7,12-13H2,1-2H3,(H,20,23). The Morgan fingerprint density at radius 3 is 2.38 bits per heavy atom. The number of carbonyl (C=O) groups excluding carboxylic acids is 2. The number of nitrogens with zero attached hydrogens (tertiary/aromatic N) is 2. The summed E-state index contributed by atoms with van der Waals surface area (Å²) in [4.78, 5) is 29.5. The molecular formula is C19H21N3O2. The molecule has 1 heterocycles. The van der Waals surface area contributed by atoms with Crippen molar-refractivity contribution in [2.45, 2.75) is 6.42 Å². The van der Waals surface area contributed by atoms with E-state index >= 15 is 0 Å². The van der Waals surface area contributed by atoms with E-state index in [-0.39, 0.29) is 11.8 Å². The first kappa shape index (κ1) is 16.2. The Hall–Kier alpha value is -2.66. The second kappa shape index (κ2) is 6.84. The molecule has 124 valence electrons. The molecule has 0 fully saturated rings. The Labute approximate surface area is 141 Å². The highest BCUT2D eigenvalue weighted by Gasteiger charge is 2.27. The van der Waals surface area contributed by atoms with Crippen LogP contribution in [0.1, 0.15) is 27.1 Å². The quantitative estimate of drug-likeness (QED) is 0.941. The predicted molar refractivity (Wildman–Crippen MR) is 95.7 cm³/mol. The Morgan fingerprint density at radius 1 is 0.958 bits per heavy atom. The second-order valence-electron chi connectivity index (χ2n) is 6.13. The molecule has 3 rings (SSSR count). The maximum Gasteiger partial charge on any atom is 0.260 e. The highest BCUT2D eigenvalue weighted by Crippen LogP contribution is 2.29. The number of hydrogen-bond acceptors (Lipinski definition) is 3. The van der Waals surface area contributed by atoms with Crippen LogP contribution in [0.25, 0.3) is 0 Å². The van der Waals surface area contributed by atoms with Crippen LogP contribution in [0.4, 0.5) is 11.4 Å². The minimum atomic E-state index is -0.192. The fourth-order valence-corrected chi connectivity index (χ4v) is 2.89. The van der Waals surface area contributed by atoms with E-state index in [1.807, 2.05) is 44.4 Å². The minimum Gasteiger partial charge on any atom is -0.321 e. The number of nitrogens with one attached hydrogen (secondary N) is 1. The molecule has 0 atom stereocenters. The van der Waals surface area contributed by atoms with E-state index in [0.29, 0.717) is 29.0 Å². The van der Waals surface area contributed by atoms with Crippen molar-refractivity contribution in [3.05, 3.63) is 59.7 Å². The van der Waals surface area contributed by atoms with E-state index < -0.39 is 0 Å². The second-order valence-corrected chi connectivity index (χ2v) is 6.13. The molecule has 0 saturated carbocycles. The Kier molecular flexibility index (Phi) is 4.62. The summed E-state index contributed by atoms with van der Waals surface area (Å²) in [5.74, 6) is -0.278. The number of para-hydroxylation sites is 2. The molecule has 0 radical (unpaired) electrons. The van der Waals surface area contributed by atoms with Gasteiger partial charge in [-0.25, -0.2) is 0 Å². The van der Waals surface area contributed by atoms with Gasteiger partial charge < -0.3 is 15.1 Å². The third-order valence-electron chi connectivity index (χ3n) is 4.08. The molecule has 2 aromatic rings. The highest BCUT2D eigenvalue weighted by molar-refractivity contribution is 6.19. The molecule has 0 spiro atoms. The molecule has 1 N–H and O–H groups in total. The lowest BCUT2D eigenvalue weighted by molar-refractivity contribution is 0.0984. The number of rotatable bonds is 4. The lowest BCUT2D eigenvalue weighted by Crippen LogP contribution is -2.37. The normalized spacial score (nSPS) is 13.9. The van der Waals surface area contributed by atoms with Crippen LogP contribution in [0.15, 0.2) is 48.5 Å². The largest absolute Gasteiger partial charge is 0.321 e. The maximum absolute atomic E-state index is 13.1. The topological polar surface area (TPSA) is 52.6 Å². The Bertz CT molecular complexity index is 771. The number of amides is 2. The monoisotopic (exact) mass is 323 g/mol. The van der Waals surface area contributed by atoms with Gasteiger partial charge in [-0.3, -0.25) is 9.59 Å². The van der Waals surface area contributed by atoms with Crippen LogP contribution in [0.2, 0.25) is 0 Å². The molecule has 0 aromatic heterocycles. The van der Waals surface area contributed by atoms with Crippen LogP contribution < -0.4 is 10.2 Å². The van der Waals surface area contributed by atoms with Crippen LogP contribution in [0, 0.1) is 0 Å². The van der Waals surface area contributed by atoms with E-state index in [0.717, 1.165) is 13.0 Å². The zero-order valence-electron chi connectivity index (χ0n) is 14.0. The number of carbonyl (C=O) groups is 2. The molecule has 24 heavy (non-hydrogen) atoms. The number of fused-ring (bicyclic) bond motifs is 2. The van der Waals surface area contributed by atoms with Crippen molar-refractivity contribution >= 4 is 23.2 Å². The SMILES string of the molecule is CN(C)CCCN1C(=O)c2ccccc2NC(=O)c2ccccc21. The van der Waals surface area contributed by atoms with E-state index in [2.05, 4.69) is 10.2 Å². The van der Waals surface area contributed by atoms with Crippen molar-refractivity contribution in [1.82, 2.24) is 4.90 Å². The molecule has 0 bridgehead atoms. The third-order valence-corrected chi connectivity index (χ3v) is 4.08. The molecule has 5 heteroatoms. The molecule has 0 aliphatic carbocycles. The van der Waals surface area contributed by atoms with Crippen molar-refractivity contribution in [3.8, 4) is 0 Å². The summed E-state index contributed by atoms with van der Waals surface area (Å²) in [6.45, 7) is 1.44. The fraction of sp³-hybridized carbons (Fsp3) is 0.263. The van der Waals surface area contributed by atoms with Gasteiger partial charge in [0.1, 0.15) is 0 Å². The first-order valence-corrected chi connectivity index (χ1v) is 8.04. The molecule has 0 unspecified atom stereocenters. The van der Waals surface area contributed by atoms with Gasteiger partial charge >= 0.3 is 0 Å². The van der Waals surface area contributed by atoms with Gasteiger partial charge in [0.15, 0.2) is 0 Å². The molecule has 5 nitrogen and oxygen atoms in total. The zero-order valence-corrected chi connectivity index (χ0v) is 14.0. The van der Waals surface area contributed by atoms with Gasteiger partial charge in [0.2, 0.25) is 0 Å². The highest BCUT2D eigenvalue weighted by atomic mass is 16.2. The molecule has 0 saturated heterocycles. The summed E-state index contributed by atoms with van der Waals surface area (Å²) in [5, 5.41) is 2.85. The first-order valence-electron chi connectivity index (χ1n) is 8.04. The predicted octanol–water partition coefficient (Wildman–Crippen LogP) is 2.85. The van der Waals surface area contributed by atoms with Crippen molar-refractivity contribution in [1.29, 1.82) is 0 Å². The van der Waals surface area contributed by atoms with Gasteiger partial charge in [-0.2, -0.15) is 0 Å². The average molecular weight is 323 g/mol. The van der Waals surface area contributed by atoms with Crippen molar-refractivity contribution in [2.75, 3.05) is 37.4 Å². The van der Waals surface area contributed by atoms with E-state index in [4.69, 9.17) is 0 Å². The number of anilines is 2. The Balaban J connectivity index is 2.04. The van der Waals surface area contributed by atoms with Crippen LogP contribution in [-0.4, -0.2) is 43.9 Å². The number of hydrogen-bond donors (Lipinski definition) is 1. The van der Waals surface area contributed by atoms with Crippen molar-refractivity contribution < 1.29 is 9.59 Å². The summed E-state index contributed by atoms with van der Waals surface area (Å²) >= 11 is 0. The smallest absolute Gasteiger partial charge is 0.260 e. The van der Waals surface area contributed by atoms with E-state index in [1.54, 1.807) is 23.1 Å². The molecule has 1 aliphatic rings. The average Bonchev–Trinajstić information content (AvgIpc) is 2.58. The van der Waals surface area contributed by atoms with Crippen LogP contribution in [-0.2, 0) is 0 Å². The van der Waals surface area contributed by atoms with E-state index in [9.17, 15) is 9.59 Å². The van der Waals surface area contributed by atoms with Gasteiger partial charge in [0.25, 0.3) is 11.8 Å². The van der Waals surface area contributed by atoms with E-state index in [1.165, 1.54) is 0 Å². The van der Waals surface area contributed by atoms with Crippen LogP contribution in [0.5, 0.6) is 0 Å². The molecule has 2 aromatic carbocycles. The lowest BCUT2D eigenvalue weighted by atomic mass is 10.0. The van der Waals surface area contributed by atoms with Gasteiger partial charge in [0.05, 0.1) is 22.5 Å². The van der Waals surface area contributed by atoms with Crippen LogP contribution >= 0.6 is 0 Å². The Morgan fingerprint density at radius 2 is 1.62 bits per heavy atom.